The number of aromatic nitrogens is 3. The van der Waals surface area contributed by atoms with Crippen molar-refractivity contribution in [2.75, 3.05) is 5.32 Å². The molecule has 122 valence electrons. The first-order valence-corrected chi connectivity index (χ1v) is 9.24. The molecule has 0 radical (unpaired) electrons. The van der Waals surface area contributed by atoms with Crippen molar-refractivity contribution in [3.05, 3.63) is 71.3 Å². The molecule has 3 heterocycles. The van der Waals surface area contributed by atoms with Gasteiger partial charge < -0.3 is 0 Å². The molecule has 0 aliphatic heterocycles. The molecule has 4 aromatic rings. The van der Waals surface area contributed by atoms with Crippen molar-refractivity contribution in [3.63, 3.8) is 0 Å². The number of nitrogens with one attached hydrogen (secondary N) is 1. The van der Waals surface area contributed by atoms with Crippen molar-refractivity contribution in [3.8, 4) is 21.8 Å². The molecule has 0 spiro atoms. The molecule has 1 N–H and O–H groups in total. The molecule has 0 saturated heterocycles. The third kappa shape index (κ3) is 3.47. The highest BCUT2D eigenvalue weighted by Crippen LogP contribution is 2.26. The fraction of sp³-hybridized carbons (Fsp3) is 0. The van der Waals surface area contributed by atoms with E-state index in [1.165, 1.54) is 22.7 Å². The standard InChI is InChI=1S/C18H12N4OS2/c23-16(15-11-24-17(20-15)12-5-2-1-3-6-12)22-18-21-14(10-25-18)13-7-4-8-19-9-13/h1-11H,(H,21,22,23). The van der Waals surface area contributed by atoms with Crippen LogP contribution in [0.2, 0.25) is 0 Å². The second-order valence-corrected chi connectivity index (χ2v) is 6.85. The molecule has 7 heteroatoms. The molecule has 25 heavy (non-hydrogen) atoms. The fourth-order valence-electron chi connectivity index (χ4n) is 2.23. The van der Waals surface area contributed by atoms with Gasteiger partial charge in [-0.15, -0.1) is 22.7 Å². The quantitative estimate of drug-likeness (QED) is 0.575. The van der Waals surface area contributed by atoms with Gasteiger partial charge >= 0.3 is 0 Å². The van der Waals surface area contributed by atoms with Gasteiger partial charge in [-0.2, -0.15) is 0 Å². The summed E-state index contributed by atoms with van der Waals surface area (Å²) in [6.45, 7) is 0. The highest BCUT2D eigenvalue weighted by atomic mass is 32.1. The number of nitrogens with zero attached hydrogens (tertiary/aromatic N) is 3. The van der Waals surface area contributed by atoms with E-state index in [1.807, 2.05) is 47.8 Å². The predicted molar refractivity (Wildman–Crippen MR) is 101 cm³/mol. The number of carbonyl (C=O) groups excluding carboxylic acids is 1. The molecular weight excluding hydrogens is 352 g/mol. The summed E-state index contributed by atoms with van der Waals surface area (Å²) in [4.78, 5) is 25.3. The third-order valence-corrected chi connectivity index (χ3v) is 5.09. The molecular formula is C18H12N4OS2. The van der Waals surface area contributed by atoms with Crippen LogP contribution >= 0.6 is 22.7 Å². The molecule has 0 saturated carbocycles. The van der Waals surface area contributed by atoms with Crippen LogP contribution in [-0.2, 0) is 0 Å². The van der Waals surface area contributed by atoms with Crippen LogP contribution in [-0.4, -0.2) is 20.9 Å². The lowest BCUT2D eigenvalue weighted by molar-refractivity contribution is 0.102. The van der Waals surface area contributed by atoms with Gasteiger partial charge in [0.2, 0.25) is 0 Å². The van der Waals surface area contributed by atoms with E-state index >= 15 is 0 Å². The van der Waals surface area contributed by atoms with Crippen molar-refractivity contribution >= 4 is 33.7 Å². The van der Waals surface area contributed by atoms with E-state index in [0.29, 0.717) is 10.8 Å². The molecule has 0 bridgehead atoms. The second kappa shape index (κ2) is 6.92. The topological polar surface area (TPSA) is 67.8 Å². The number of hydrogen-bond acceptors (Lipinski definition) is 6. The summed E-state index contributed by atoms with van der Waals surface area (Å²) < 4.78 is 0. The Kier molecular flexibility index (Phi) is 4.32. The van der Waals surface area contributed by atoms with Crippen LogP contribution in [0.3, 0.4) is 0 Å². The molecule has 0 aliphatic rings. The number of hydrogen-bond donors (Lipinski definition) is 1. The van der Waals surface area contributed by atoms with E-state index in [2.05, 4.69) is 20.3 Å². The van der Waals surface area contributed by atoms with Crippen molar-refractivity contribution in [2.45, 2.75) is 0 Å². The Morgan fingerprint density at radius 3 is 2.56 bits per heavy atom. The molecule has 0 fully saturated rings. The highest BCUT2D eigenvalue weighted by molar-refractivity contribution is 7.14. The first-order valence-electron chi connectivity index (χ1n) is 7.48. The van der Waals surface area contributed by atoms with Gasteiger partial charge in [0, 0.05) is 34.3 Å². The molecule has 0 unspecified atom stereocenters. The molecule has 1 aromatic carbocycles. The van der Waals surface area contributed by atoms with Crippen LogP contribution < -0.4 is 5.32 Å². The van der Waals surface area contributed by atoms with Crippen molar-refractivity contribution in [1.82, 2.24) is 15.0 Å². The first kappa shape index (κ1) is 15.6. The van der Waals surface area contributed by atoms with Crippen molar-refractivity contribution in [1.29, 1.82) is 0 Å². The molecule has 0 atom stereocenters. The van der Waals surface area contributed by atoms with Gasteiger partial charge in [0.1, 0.15) is 10.7 Å². The SMILES string of the molecule is O=C(Nc1nc(-c2cccnc2)cs1)c1csc(-c2ccccc2)n1. The Balaban J connectivity index is 1.50. The Morgan fingerprint density at radius 2 is 1.76 bits per heavy atom. The number of benzene rings is 1. The largest absolute Gasteiger partial charge is 0.296 e. The average molecular weight is 364 g/mol. The van der Waals surface area contributed by atoms with Gasteiger partial charge in [0.25, 0.3) is 5.91 Å². The Bertz CT molecular complexity index is 996. The summed E-state index contributed by atoms with van der Waals surface area (Å²) in [6.07, 6.45) is 3.46. The van der Waals surface area contributed by atoms with Gasteiger partial charge in [0.05, 0.1) is 5.69 Å². The maximum atomic E-state index is 12.4. The minimum atomic E-state index is -0.259. The van der Waals surface area contributed by atoms with Gasteiger partial charge in [-0.05, 0) is 12.1 Å². The molecule has 3 aromatic heterocycles. The Hall–Kier alpha value is -2.90. The number of amides is 1. The van der Waals surface area contributed by atoms with Gasteiger partial charge in [-0.1, -0.05) is 30.3 Å². The summed E-state index contributed by atoms with van der Waals surface area (Å²) in [5.74, 6) is -0.259. The highest BCUT2D eigenvalue weighted by Gasteiger charge is 2.14. The number of pyridine rings is 1. The van der Waals surface area contributed by atoms with E-state index in [1.54, 1.807) is 17.8 Å². The zero-order valence-corrected chi connectivity index (χ0v) is 14.6. The Morgan fingerprint density at radius 1 is 0.920 bits per heavy atom. The molecule has 5 nitrogen and oxygen atoms in total. The molecule has 1 amide bonds. The van der Waals surface area contributed by atoms with Crippen LogP contribution in [0.4, 0.5) is 5.13 Å². The minimum Gasteiger partial charge on any atom is -0.296 e. The monoisotopic (exact) mass is 364 g/mol. The van der Waals surface area contributed by atoms with E-state index < -0.39 is 0 Å². The summed E-state index contributed by atoms with van der Waals surface area (Å²) in [6, 6.07) is 13.6. The maximum Gasteiger partial charge on any atom is 0.276 e. The van der Waals surface area contributed by atoms with Crippen LogP contribution in [0.1, 0.15) is 10.5 Å². The zero-order valence-electron chi connectivity index (χ0n) is 12.9. The second-order valence-electron chi connectivity index (χ2n) is 5.14. The van der Waals surface area contributed by atoms with E-state index in [4.69, 9.17) is 0 Å². The summed E-state index contributed by atoms with van der Waals surface area (Å²) in [7, 11) is 0. The van der Waals surface area contributed by atoms with Gasteiger partial charge in [-0.3, -0.25) is 15.1 Å². The average Bonchev–Trinajstić information content (AvgIpc) is 3.33. The lowest BCUT2D eigenvalue weighted by Crippen LogP contribution is -2.12. The number of thiazole rings is 2. The van der Waals surface area contributed by atoms with Crippen molar-refractivity contribution < 1.29 is 4.79 Å². The van der Waals surface area contributed by atoms with E-state index in [-0.39, 0.29) is 5.91 Å². The molecule has 0 aliphatic carbocycles. The normalized spacial score (nSPS) is 10.6. The van der Waals surface area contributed by atoms with Crippen LogP contribution in [0.15, 0.2) is 65.6 Å². The van der Waals surface area contributed by atoms with E-state index in [0.717, 1.165) is 21.8 Å². The van der Waals surface area contributed by atoms with Gasteiger partial charge in [0.15, 0.2) is 5.13 Å². The number of rotatable bonds is 4. The summed E-state index contributed by atoms with van der Waals surface area (Å²) in [5, 5.41) is 7.81. The third-order valence-electron chi connectivity index (χ3n) is 3.44. The molecule has 4 rings (SSSR count). The fourth-order valence-corrected chi connectivity index (χ4v) is 3.75. The van der Waals surface area contributed by atoms with Crippen LogP contribution in [0.5, 0.6) is 0 Å². The van der Waals surface area contributed by atoms with Crippen LogP contribution in [0, 0.1) is 0 Å². The predicted octanol–water partition coefficient (Wildman–Crippen LogP) is 4.58. The summed E-state index contributed by atoms with van der Waals surface area (Å²) in [5.41, 5.74) is 3.09. The number of carbonyl (C=O) groups is 1. The van der Waals surface area contributed by atoms with Crippen LogP contribution in [0.25, 0.3) is 21.8 Å². The Labute approximate surface area is 152 Å². The zero-order chi connectivity index (χ0) is 17.1. The lowest BCUT2D eigenvalue weighted by Gasteiger charge is -1.98. The lowest BCUT2D eigenvalue weighted by atomic mass is 10.2. The maximum absolute atomic E-state index is 12.4. The van der Waals surface area contributed by atoms with Crippen molar-refractivity contribution in [2.24, 2.45) is 0 Å². The smallest absolute Gasteiger partial charge is 0.276 e. The van der Waals surface area contributed by atoms with E-state index in [9.17, 15) is 4.79 Å². The summed E-state index contributed by atoms with van der Waals surface area (Å²) >= 11 is 2.82. The number of anilines is 1. The van der Waals surface area contributed by atoms with Gasteiger partial charge in [-0.25, -0.2) is 9.97 Å². The first-order chi connectivity index (χ1) is 12.3. The minimum absolute atomic E-state index is 0.259.